The standard InChI is InChI=1S/C22H25N3O3S/c1-13-6-7-15(3)19(10-13)27-12-20-24-25-22(28-20)29-17(5)21(26)23-18-9-8-14(2)16(4)11-18/h6-11,17H,12H2,1-5H3,(H,23,26). The summed E-state index contributed by atoms with van der Waals surface area (Å²) in [4.78, 5) is 12.5. The normalized spacial score (nSPS) is 11.9. The third-order valence-electron chi connectivity index (χ3n) is 4.56. The van der Waals surface area contributed by atoms with Crippen LogP contribution in [0.2, 0.25) is 0 Å². The Labute approximate surface area is 175 Å². The van der Waals surface area contributed by atoms with E-state index in [0.717, 1.165) is 28.1 Å². The van der Waals surface area contributed by atoms with Gasteiger partial charge in [-0.1, -0.05) is 30.0 Å². The SMILES string of the molecule is Cc1ccc(C)c(OCc2nnc(SC(C)C(=O)Nc3ccc(C)c(C)c3)o2)c1. The number of carbonyl (C=O) groups excluding carboxylic acids is 1. The van der Waals surface area contributed by atoms with E-state index in [2.05, 4.69) is 15.5 Å². The van der Waals surface area contributed by atoms with Gasteiger partial charge < -0.3 is 14.5 Å². The first-order valence-electron chi connectivity index (χ1n) is 9.39. The number of ether oxygens (including phenoxy) is 1. The van der Waals surface area contributed by atoms with Crippen LogP contribution in [0.15, 0.2) is 46.0 Å². The first-order valence-corrected chi connectivity index (χ1v) is 10.3. The van der Waals surface area contributed by atoms with Gasteiger partial charge in [-0.25, -0.2) is 0 Å². The quantitative estimate of drug-likeness (QED) is 0.551. The van der Waals surface area contributed by atoms with Gasteiger partial charge in [0.25, 0.3) is 11.1 Å². The average molecular weight is 412 g/mol. The number of aryl methyl sites for hydroxylation is 4. The van der Waals surface area contributed by atoms with Crippen LogP contribution in [0.3, 0.4) is 0 Å². The molecule has 0 aliphatic heterocycles. The Morgan fingerprint density at radius 2 is 1.83 bits per heavy atom. The molecule has 1 heterocycles. The lowest BCUT2D eigenvalue weighted by atomic mass is 10.1. The maximum Gasteiger partial charge on any atom is 0.277 e. The fourth-order valence-electron chi connectivity index (χ4n) is 2.61. The minimum atomic E-state index is -0.384. The van der Waals surface area contributed by atoms with Crippen LogP contribution in [0.1, 0.15) is 35.1 Å². The second-order valence-corrected chi connectivity index (χ2v) is 8.36. The molecular weight excluding hydrogens is 386 g/mol. The number of benzene rings is 2. The number of carbonyl (C=O) groups is 1. The Hall–Kier alpha value is -2.80. The number of nitrogens with zero attached hydrogens (tertiary/aromatic N) is 2. The van der Waals surface area contributed by atoms with Crippen LogP contribution in [0.4, 0.5) is 5.69 Å². The average Bonchev–Trinajstić information content (AvgIpc) is 3.12. The van der Waals surface area contributed by atoms with E-state index in [-0.39, 0.29) is 17.8 Å². The molecule has 1 atom stereocenters. The summed E-state index contributed by atoms with van der Waals surface area (Å²) in [6.07, 6.45) is 0. The Kier molecular flexibility index (Phi) is 6.59. The molecule has 0 radical (unpaired) electrons. The summed E-state index contributed by atoms with van der Waals surface area (Å²) in [6, 6.07) is 11.9. The minimum Gasteiger partial charge on any atom is -0.484 e. The largest absolute Gasteiger partial charge is 0.484 e. The highest BCUT2D eigenvalue weighted by Gasteiger charge is 2.19. The fraction of sp³-hybridized carbons (Fsp3) is 0.318. The third-order valence-corrected chi connectivity index (χ3v) is 5.50. The molecule has 29 heavy (non-hydrogen) atoms. The van der Waals surface area contributed by atoms with E-state index in [1.54, 1.807) is 6.92 Å². The molecule has 152 valence electrons. The van der Waals surface area contributed by atoms with Crippen LogP contribution >= 0.6 is 11.8 Å². The van der Waals surface area contributed by atoms with Crippen LogP contribution in [0, 0.1) is 27.7 Å². The second-order valence-electron chi connectivity index (χ2n) is 7.07. The lowest BCUT2D eigenvalue weighted by Crippen LogP contribution is -2.22. The molecule has 3 rings (SSSR count). The predicted molar refractivity (Wildman–Crippen MR) is 114 cm³/mol. The molecule has 0 fully saturated rings. The van der Waals surface area contributed by atoms with Gasteiger partial charge in [0.05, 0.1) is 5.25 Å². The molecule has 1 aromatic heterocycles. The van der Waals surface area contributed by atoms with Crippen LogP contribution in [0.25, 0.3) is 0 Å². The van der Waals surface area contributed by atoms with Crippen LogP contribution < -0.4 is 10.1 Å². The Balaban J connectivity index is 1.55. The predicted octanol–water partition coefficient (Wildman–Crippen LogP) is 5.00. The van der Waals surface area contributed by atoms with Gasteiger partial charge in [-0.2, -0.15) is 0 Å². The molecule has 1 unspecified atom stereocenters. The second kappa shape index (κ2) is 9.13. The van der Waals surface area contributed by atoms with E-state index >= 15 is 0 Å². The molecule has 6 nitrogen and oxygen atoms in total. The maximum absolute atomic E-state index is 12.5. The third kappa shape index (κ3) is 5.60. The van der Waals surface area contributed by atoms with Crippen LogP contribution in [-0.4, -0.2) is 21.4 Å². The molecule has 0 aliphatic carbocycles. The zero-order chi connectivity index (χ0) is 21.0. The Bertz CT molecular complexity index is 1020. The summed E-state index contributed by atoms with van der Waals surface area (Å²) in [5.74, 6) is 1.04. The van der Waals surface area contributed by atoms with E-state index in [1.165, 1.54) is 17.3 Å². The molecule has 1 N–H and O–H groups in total. The van der Waals surface area contributed by atoms with Crippen molar-refractivity contribution >= 4 is 23.4 Å². The minimum absolute atomic E-state index is 0.121. The van der Waals surface area contributed by atoms with Gasteiger partial charge in [0.15, 0.2) is 6.61 Å². The molecule has 2 aromatic carbocycles. The van der Waals surface area contributed by atoms with E-state index in [1.807, 2.05) is 64.1 Å². The molecule has 7 heteroatoms. The number of nitrogens with one attached hydrogen (secondary N) is 1. The summed E-state index contributed by atoms with van der Waals surface area (Å²) in [5.41, 5.74) is 5.26. The molecule has 0 saturated carbocycles. The van der Waals surface area contributed by atoms with Gasteiger partial charge in [-0.3, -0.25) is 4.79 Å². The number of hydrogen-bond acceptors (Lipinski definition) is 6. The van der Waals surface area contributed by atoms with Gasteiger partial charge in [0.1, 0.15) is 5.75 Å². The molecule has 1 amide bonds. The smallest absolute Gasteiger partial charge is 0.277 e. The summed E-state index contributed by atoms with van der Waals surface area (Å²) in [7, 11) is 0. The van der Waals surface area contributed by atoms with Crippen LogP contribution in [0.5, 0.6) is 5.75 Å². The number of aromatic nitrogens is 2. The summed E-state index contributed by atoms with van der Waals surface area (Å²) < 4.78 is 11.4. The van der Waals surface area contributed by atoms with Crippen molar-refractivity contribution in [3.63, 3.8) is 0 Å². The molecule has 0 bridgehead atoms. The number of amides is 1. The first kappa shape index (κ1) is 20.9. The molecule has 0 saturated heterocycles. The van der Waals surface area contributed by atoms with E-state index in [9.17, 15) is 4.79 Å². The van der Waals surface area contributed by atoms with Gasteiger partial charge >= 0.3 is 0 Å². The highest BCUT2D eigenvalue weighted by Crippen LogP contribution is 2.25. The number of hydrogen-bond donors (Lipinski definition) is 1. The first-order chi connectivity index (χ1) is 13.8. The van der Waals surface area contributed by atoms with Crippen molar-refractivity contribution in [1.29, 1.82) is 0 Å². The zero-order valence-electron chi connectivity index (χ0n) is 17.3. The van der Waals surface area contributed by atoms with Crippen molar-refractivity contribution in [3.8, 4) is 5.75 Å². The summed E-state index contributed by atoms with van der Waals surface area (Å²) >= 11 is 1.22. The van der Waals surface area contributed by atoms with Crippen molar-refractivity contribution in [2.24, 2.45) is 0 Å². The van der Waals surface area contributed by atoms with Gasteiger partial charge in [0, 0.05) is 5.69 Å². The molecule has 3 aromatic rings. The van der Waals surface area contributed by atoms with Gasteiger partial charge in [0.2, 0.25) is 5.91 Å². The van der Waals surface area contributed by atoms with Crippen molar-refractivity contribution < 1.29 is 13.9 Å². The lowest BCUT2D eigenvalue weighted by Gasteiger charge is -2.11. The lowest BCUT2D eigenvalue weighted by molar-refractivity contribution is -0.115. The highest BCUT2D eigenvalue weighted by molar-refractivity contribution is 8.00. The zero-order valence-corrected chi connectivity index (χ0v) is 18.1. The highest BCUT2D eigenvalue weighted by atomic mass is 32.2. The van der Waals surface area contributed by atoms with Crippen molar-refractivity contribution in [2.75, 3.05) is 5.32 Å². The maximum atomic E-state index is 12.5. The molecule has 0 aliphatic rings. The number of rotatable bonds is 7. The Morgan fingerprint density at radius 3 is 2.59 bits per heavy atom. The monoisotopic (exact) mass is 411 g/mol. The van der Waals surface area contributed by atoms with E-state index < -0.39 is 0 Å². The molecule has 0 spiro atoms. The Morgan fingerprint density at radius 1 is 1.07 bits per heavy atom. The van der Waals surface area contributed by atoms with Crippen molar-refractivity contribution in [3.05, 3.63) is 64.5 Å². The van der Waals surface area contributed by atoms with E-state index in [0.29, 0.717) is 11.1 Å². The van der Waals surface area contributed by atoms with Crippen molar-refractivity contribution in [2.45, 2.75) is 51.7 Å². The number of thioether (sulfide) groups is 1. The number of anilines is 1. The molecular formula is C22H25N3O3S. The van der Waals surface area contributed by atoms with Crippen molar-refractivity contribution in [1.82, 2.24) is 10.2 Å². The van der Waals surface area contributed by atoms with Gasteiger partial charge in [-0.05, 0) is 75.1 Å². The van der Waals surface area contributed by atoms with E-state index in [4.69, 9.17) is 9.15 Å². The van der Waals surface area contributed by atoms with Crippen LogP contribution in [-0.2, 0) is 11.4 Å². The summed E-state index contributed by atoms with van der Waals surface area (Å²) in [6.45, 7) is 10.0. The topological polar surface area (TPSA) is 77.2 Å². The summed E-state index contributed by atoms with van der Waals surface area (Å²) in [5, 5.41) is 10.9. The fourth-order valence-corrected chi connectivity index (χ4v) is 3.31. The van der Waals surface area contributed by atoms with Gasteiger partial charge in [-0.15, -0.1) is 10.2 Å².